The van der Waals surface area contributed by atoms with Crippen LogP contribution in [0.3, 0.4) is 0 Å². The third-order valence-corrected chi connectivity index (χ3v) is 4.49. The topological polar surface area (TPSA) is 39.2 Å². The second-order valence-corrected chi connectivity index (χ2v) is 5.35. The Kier molecular flexibility index (Phi) is 1.99. The summed E-state index contributed by atoms with van der Waals surface area (Å²) in [6, 6.07) is 2.03. The number of rotatable bonds is 2. The van der Waals surface area contributed by atoms with E-state index in [0.29, 0.717) is 5.92 Å². The van der Waals surface area contributed by atoms with Gasteiger partial charge in [0, 0.05) is 0 Å². The molecule has 0 bridgehead atoms. The molecule has 2 fully saturated rings. The Hall–Kier alpha value is -0.280. The minimum Gasteiger partial charge on any atom is -0.466 e. The molecule has 1 aromatic rings. The molecule has 0 aliphatic heterocycles. The van der Waals surface area contributed by atoms with Gasteiger partial charge in [-0.2, -0.15) is 0 Å². The van der Waals surface area contributed by atoms with Crippen molar-refractivity contribution < 1.29 is 4.42 Å². The van der Waals surface area contributed by atoms with Crippen LogP contribution in [-0.2, 0) is 0 Å². The molecule has 0 amide bonds. The summed E-state index contributed by atoms with van der Waals surface area (Å²) >= 11 is 3.47. The normalized spacial score (nSPS) is 36.9. The van der Waals surface area contributed by atoms with E-state index in [4.69, 9.17) is 10.2 Å². The predicted molar refractivity (Wildman–Crippen MR) is 57.7 cm³/mol. The summed E-state index contributed by atoms with van der Waals surface area (Å²) in [5.41, 5.74) is 6.21. The van der Waals surface area contributed by atoms with Crippen LogP contribution in [0.4, 0.5) is 0 Å². The Morgan fingerprint density at radius 1 is 1.43 bits per heavy atom. The molecule has 2 saturated carbocycles. The first-order valence-electron chi connectivity index (χ1n) is 5.27. The van der Waals surface area contributed by atoms with Gasteiger partial charge in [0.25, 0.3) is 0 Å². The molecule has 2 N–H and O–H groups in total. The molecule has 2 nitrogen and oxygen atoms in total. The molecule has 0 spiro atoms. The van der Waals surface area contributed by atoms with E-state index < -0.39 is 0 Å². The van der Waals surface area contributed by atoms with Crippen LogP contribution in [0.25, 0.3) is 0 Å². The summed E-state index contributed by atoms with van der Waals surface area (Å²) in [5, 5.41) is 0. The van der Waals surface area contributed by atoms with Crippen molar-refractivity contribution in [1.82, 2.24) is 0 Å². The first kappa shape index (κ1) is 8.98. The predicted octanol–water partition coefficient (Wildman–Crippen LogP) is 3.09. The van der Waals surface area contributed by atoms with Gasteiger partial charge in [0.15, 0.2) is 0 Å². The van der Waals surface area contributed by atoms with Gasteiger partial charge in [-0.15, -0.1) is 0 Å². The lowest BCUT2D eigenvalue weighted by Gasteiger charge is -2.11. The minimum absolute atomic E-state index is 0.106. The molecule has 2 aliphatic rings. The van der Waals surface area contributed by atoms with Gasteiger partial charge in [0.1, 0.15) is 5.76 Å². The number of hydrogen-bond acceptors (Lipinski definition) is 2. The first-order valence-corrected chi connectivity index (χ1v) is 6.07. The molecule has 2 aliphatic carbocycles. The van der Waals surface area contributed by atoms with Crippen molar-refractivity contribution in [2.24, 2.45) is 23.5 Å². The fraction of sp³-hybridized carbons (Fsp3) is 0.636. The van der Waals surface area contributed by atoms with Crippen LogP contribution in [0.15, 0.2) is 21.2 Å². The average Bonchev–Trinajstić information content (AvgIpc) is 2.57. The van der Waals surface area contributed by atoms with E-state index in [0.717, 1.165) is 22.1 Å². The van der Waals surface area contributed by atoms with Crippen molar-refractivity contribution in [3.63, 3.8) is 0 Å². The van der Waals surface area contributed by atoms with E-state index in [1.54, 1.807) is 6.26 Å². The molecule has 1 aromatic heterocycles. The second kappa shape index (κ2) is 3.11. The summed E-state index contributed by atoms with van der Waals surface area (Å²) in [7, 11) is 0. The Morgan fingerprint density at radius 2 is 2.14 bits per heavy atom. The minimum atomic E-state index is 0.106. The number of halogens is 1. The van der Waals surface area contributed by atoms with E-state index >= 15 is 0 Å². The quantitative estimate of drug-likeness (QED) is 0.883. The maximum Gasteiger partial charge on any atom is 0.134 e. The van der Waals surface area contributed by atoms with Gasteiger partial charge in [-0.05, 0) is 52.6 Å². The Bertz CT molecular complexity index is 339. The van der Waals surface area contributed by atoms with Crippen LogP contribution in [-0.4, -0.2) is 0 Å². The average molecular weight is 256 g/mol. The van der Waals surface area contributed by atoms with Crippen molar-refractivity contribution >= 4 is 15.9 Å². The molecule has 3 rings (SSSR count). The zero-order chi connectivity index (χ0) is 9.71. The molecular formula is C11H14BrNO. The summed E-state index contributed by atoms with van der Waals surface area (Å²) in [5.74, 6) is 3.40. The number of furan rings is 1. The molecule has 1 heterocycles. The third kappa shape index (κ3) is 1.18. The molecule has 0 saturated heterocycles. The lowest BCUT2D eigenvalue weighted by molar-refractivity contribution is 0.404. The highest BCUT2D eigenvalue weighted by Gasteiger charge is 2.56. The van der Waals surface area contributed by atoms with Crippen LogP contribution in [0, 0.1) is 17.8 Å². The van der Waals surface area contributed by atoms with Gasteiger partial charge in [-0.1, -0.05) is 6.42 Å². The van der Waals surface area contributed by atoms with Crippen molar-refractivity contribution in [1.29, 1.82) is 0 Å². The molecular weight excluding hydrogens is 242 g/mol. The van der Waals surface area contributed by atoms with Crippen LogP contribution in [0.5, 0.6) is 0 Å². The van der Waals surface area contributed by atoms with Crippen LogP contribution >= 0.6 is 15.9 Å². The van der Waals surface area contributed by atoms with E-state index in [2.05, 4.69) is 15.9 Å². The van der Waals surface area contributed by atoms with Crippen LogP contribution in [0.1, 0.15) is 31.1 Å². The fourth-order valence-corrected chi connectivity index (χ4v) is 3.59. The highest BCUT2D eigenvalue weighted by molar-refractivity contribution is 9.10. The van der Waals surface area contributed by atoms with Crippen LogP contribution in [0.2, 0.25) is 0 Å². The summed E-state index contributed by atoms with van der Waals surface area (Å²) in [4.78, 5) is 0. The molecule has 0 aromatic carbocycles. The lowest BCUT2D eigenvalue weighted by atomic mass is 10.0. The Labute approximate surface area is 92.0 Å². The highest BCUT2D eigenvalue weighted by Crippen LogP contribution is 2.61. The lowest BCUT2D eigenvalue weighted by Crippen LogP contribution is -2.15. The van der Waals surface area contributed by atoms with E-state index in [1.807, 2.05) is 6.07 Å². The van der Waals surface area contributed by atoms with Gasteiger partial charge in [0.05, 0.1) is 16.8 Å². The second-order valence-electron chi connectivity index (χ2n) is 4.49. The summed E-state index contributed by atoms with van der Waals surface area (Å²) in [6.07, 6.45) is 5.86. The van der Waals surface area contributed by atoms with Gasteiger partial charge in [-0.25, -0.2) is 0 Å². The largest absolute Gasteiger partial charge is 0.466 e. The van der Waals surface area contributed by atoms with Gasteiger partial charge >= 0.3 is 0 Å². The van der Waals surface area contributed by atoms with Crippen LogP contribution < -0.4 is 5.73 Å². The van der Waals surface area contributed by atoms with Crippen molar-refractivity contribution in [2.45, 2.75) is 25.3 Å². The SMILES string of the molecule is NC(c1occc1Br)C1C2CCCC21. The first-order chi connectivity index (χ1) is 6.79. The fourth-order valence-electron chi connectivity index (χ4n) is 3.13. The van der Waals surface area contributed by atoms with E-state index in [9.17, 15) is 0 Å². The van der Waals surface area contributed by atoms with Gasteiger partial charge < -0.3 is 10.2 Å². The Morgan fingerprint density at radius 3 is 2.71 bits per heavy atom. The van der Waals surface area contributed by atoms with Crippen molar-refractivity contribution in [3.05, 3.63) is 22.6 Å². The number of hydrogen-bond donors (Lipinski definition) is 1. The van der Waals surface area contributed by atoms with E-state index in [-0.39, 0.29) is 6.04 Å². The Balaban J connectivity index is 1.78. The number of fused-ring (bicyclic) bond motifs is 1. The molecule has 14 heavy (non-hydrogen) atoms. The number of nitrogens with two attached hydrogens (primary N) is 1. The third-order valence-electron chi connectivity index (χ3n) is 3.83. The van der Waals surface area contributed by atoms with E-state index in [1.165, 1.54) is 19.3 Å². The summed E-state index contributed by atoms with van der Waals surface area (Å²) < 4.78 is 6.44. The van der Waals surface area contributed by atoms with Crippen molar-refractivity contribution in [2.75, 3.05) is 0 Å². The molecule has 3 heteroatoms. The molecule has 76 valence electrons. The molecule has 0 radical (unpaired) electrons. The van der Waals surface area contributed by atoms with Gasteiger partial charge in [0.2, 0.25) is 0 Å². The molecule has 3 unspecified atom stereocenters. The standard InChI is InChI=1S/C11H14BrNO/c12-8-4-5-14-11(8)10(13)9-6-2-1-3-7(6)9/h4-7,9-10H,1-3,13H2. The zero-order valence-electron chi connectivity index (χ0n) is 7.95. The molecule has 3 atom stereocenters. The van der Waals surface area contributed by atoms with Gasteiger partial charge in [-0.3, -0.25) is 0 Å². The summed E-state index contributed by atoms with van der Waals surface area (Å²) in [6.45, 7) is 0. The highest BCUT2D eigenvalue weighted by atomic mass is 79.9. The maximum atomic E-state index is 6.21. The monoisotopic (exact) mass is 255 g/mol. The van der Waals surface area contributed by atoms with Crippen molar-refractivity contribution in [3.8, 4) is 0 Å². The maximum absolute atomic E-state index is 6.21. The zero-order valence-corrected chi connectivity index (χ0v) is 9.53. The smallest absolute Gasteiger partial charge is 0.134 e.